The first kappa shape index (κ1) is 17.8. The Balaban J connectivity index is 1.44. The molecule has 27 heavy (non-hydrogen) atoms. The number of carbonyl (C=O) groups excluding carboxylic acids is 2. The lowest BCUT2D eigenvalue weighted by Crippen LogP contribution is -2.55. The first-order valence-electron chi connectivity index (χ1n) is 9.65. The Morgan fingerprint density at radius 3 is 3.00 bits per heavy atom. The molecule has 2 aliphatic rings. The zero-order chi connectivity index (χ0) is 18.9. The minimum Gasteiger partial charge on any atom is -0.469 e. The number of piperidine rings is 2. The Labute approximate surface area is 158 Å². The molecule has 4 heterocycles. The lowest BCUT2D eigenvalue weighted by atomic mass is 9.73. The fourth-order valence-electron chi connectivity index (χ4n) is 4.47. The first-order valence-corrected chi connectivity index (χ1v) is 9.65. The maximum Gasteiger partial charge on any atom is 0.257 e. The number of hydrogen-bond donors (Lipinski definition) is 1. The molecule has 0 unspecified atom stereocenters. The number of nitrogens with one attached hydrogen (secondary N) is 1. The van der Waals surface area contributed by atoms with E-state index in [1.165, 1.54) is 0 Å². The van der Waals surface area contributed by atoms with Gasteiger partial charge in [0.2, 0.25) is 5.91 Å². The Bertz CT molecular complexity index is 813. The molecule has 4 rings (SSSR count). The number of aromatic nitrogens is 2. The second kappa shape index (κ2) is 7.21. The molecule has 2 saturated heterocycles. The molecule has 2 aliphatic heterocycles. The van der Waals surface area contributed by atoms with Crippen molar-refractivity contribution in [3.05, 3.63) is 41.9 Å². The average Bonchev–Trinajstić information content (AvgIpc) is 3.34. The topological polar surface area (TPSA) is 82.4 Å². The van der Waals surface area contributed by atoms with Crippen LogP contribution in [0.4, 0.5) is 0 Å². The van der Waals surface area contributed by atoms with E-state index in [0.29, 0.717) is 30.8 Å². The molecule has 2 aromatic rings. The van der Waals surface area contributed by atoms with Gasteiger partial charge in [-0.05, 0) is 32.3 Å². The largest absolute Gasteiger partial charge is 0.469 e. The van der Waals surface area contributed by atoms with E-state index in [2.05, 4.69) is 9.97 Å². The molecule has 7 heteroatoms. The summed E-state index contributed by atoms with van der Waals surface area (Å²) in [5, 5.41) is 0. The third-order valence-corrected chi connectivity index (χ3v) is 5.99. The maximum atomic E-state index is 12.9. The number of imidazole rings is 1. The zero-order valence-corrected chi connectivity index (χ0v) is 15.7. The SMILES string of the molecule is Cc1occc1C(=O)N1CCC[C@@]2(CCC(=O)N(CCc3cnc[nH]3)C2)C1. The van der Waals surface area contributed by atoms with Gasteiger partial charge < -0.3 is 19.2 Å². The van der Waals surface area contributed by atoms with Gasteiger partial charge in [-0.1, -0.05) is 0 Å². The van der Waals surface area contributed by atoms with E-state index in [1.807, 2.05) is 16.7 Å². The van der Waals surface area contributed by atoms with Crippen LogP contribution in [0.5, 0.6) is 0 Å². The predicted octanol–water partition coefficient (Wildman–Crippen LogP) is 2.40. The van der Waals surface area contributed by atoms with Crippen LogP contribution in [0.3, 0.4) is 0 Å². The number of amides is 2. The summed E-state index contributed by atoms with van der Waals surface area (Å²) in [4.78, 5) is 36.4. The van der Waals surface area contributed by atoms with Gasteiger partial charge in [0.15, 0.2) is 0 Å². The summed E-state index contributed by atoms with van der Waals surface area (Å²) in [5.41, 5.74) is 1.70. The van der Waals surface area contributed by atoms with Gasteiger partial charge in [0.1, 0.15) is 5.76 Å². The lowest BCUT2D eigenvalue weighted by Gasteiger charge is -2.48. The van der Waals surface area contributed by atoms with Crippen LogP contribution in [0.25, 0.3) is 0 Å². The summed E-state index contributed by atoms with van der Waals surface area (Å²) >= 11 is 0. The quantitative estimate of drug-likeness (QED) is 0.896. The molecule has 2 aromatic heterocycles. The smallest absolute Gasteiger partial charge is 0.257 e. The van der Waals surface area contributed by atoms with Gasteiger partial charge >= 0.3 is 0 Å². The highest BCUT2D eigenvalue weighted by atomic mass is 16.3. The van der Waals surface area contributed by atoms with E-state index < -0.39 is 0 Å². The summed E-state index contributed by atoms with van der Waals surface area (Å²) in [5.74, 6) is 0.926. The van der Waals surface area contributed by atoms with E-state index in [1.54, 1.807) is 24.9 Å². The highest BCUT2D eigenvalue weighted by molar-refractivity contribution is 5.95. The number of furan rings is 1. The minimum absolute atomic E-state index is 0.00739. The van der Waals surface area contributed by atoms with Crippen molar-refractivity contribution in [3.8, 4) is 0 Å². The fraction of sp³-hybridized carbons (Fsp3) is 0.550. The van der Waals surface area contributed by atoms with Gasteiger partial charge in [0.25, 0.3) is 5.91 Å². The summed E-state index contributed by atoms with van der Waals surface area (Å²) in [7, 11) is 0. The highest BCUT2D eigenvalue weighted by Crippen LogP contribution is 2.39. The molecular formula is C20H26N4O3. The normalized spacial score (nSPS) is 23.2. The molecule has 0 radical (unpaired) electrons. The summed E-state index contributed by atoms with van der Waals surface area (Å²) < 4.78 is 5.30. The summed E-state index contributed by atoms with van der Waals surface area (Å²) in [6.45, 7) is 4.73. The monoisotopic (exact) mass is 370 g/mol. The van der Waals surface area contributed by atoms with Gasteiger partial charge in [-0.2, -0.15) is 0 Å². The van der Waals surface area contributed by atoms with E-state index in [9.17, 15) is 9.59 Å². The lowest BCUT2D eigenvalue weighted by molar-refractivity contribution is -0.138. The van der Waals surface area contributed by atoms with Crippen LogP contribution in [0.2, 0.25) is 0 Å². The molecule has 0 aliphatic carbocycles. The van der Waals surface area contributed by atoms with E-state index in [0.717, 1.165) is 44.5 Å². The van der Waals surface area contributed by atoms with Crippen LogP contribution in [0.15, 0.2) is 29.3 Å². The van der Waals surface area contributed by atoms with Crippen molar-refractivity contribution in [3.63, 3.8) is 0 Å². The molecule has 7 nitrogen and oxygen atoms in total. The number of aromatic amines is 1. The van der Waals surface area contributed by atoms with Crippen molar-refractivity contribution in [2.45, 2.75) is 39.0 Å². The molecule has 2 fully saturated rings. The van der Waals surface area contributed by atoms with Crippen molar-refractivity contribution in [2.75, 3.05) is 26.2 Å². The van der Waals surface area contributed by atoms with E-state index in [4.69, 9.17) is 4.42 Å². The van der Waals surface area contributed by atoms with Crippen LogP contribution in [0.1, 0.15) is 47.5 Å². The van der Waals surface area contributed by atoms with Crippen LogP contribution in [0, 0.1) is 12.3 Å². The number of aryl methyl sites for hydroxylation is 1. The standard InChI is InChI=1S/C20H26N4O3/c1-15-17(5-10-27-15)19(26)24-8-2-6-20(13-24)7-3-18(25)23(12-20)9-4-16-11-21-14-22-16/h5,10-11,14H,2-4,6-9,12-13H2,1H3,(H,21,22)/t20-/m0/s1. The molecule has 1 N–H and O–H groups in total. The van der Waals surface area contributed by atoms with Gasteiger partial charge in [0.05, 0.1) is 18.2 Å². The Hall–Kier alpha value is -2.57. The fourth-order valence-corrected chi connectivity index (χ4v) is 4.47. The summed E-state index contributed by atoms with van der Waals surface area (Å²) in [6.07, 6.45) is 9.28. The predicted molar refractivity (Wildman–Crippen MR) is 99.1 cm³/mol. The number of carbonyl (C=O) groups is 2. The third kappa shape index (κ3) is 3.63. The molecule has 144 valence electrons. The van der Waals surface area contributed by atoms with Gasteiger partial charge in [-0.15, -0.1) is 0 Å². The average molecular weight is 370 g/mol. The molecular weight excluding hydrogens is 344 g/mol. The minimum atomic E-state index is 0.00739. The van der Waals surface area contributed by atoms with E-state index in [-0.39, 0.29) is 17.2 Å². The van der Waals surface area contributed by atoms with Gasteiger partial charge in [-0.3, -0.25) is 9.59 Å². The van der Waals surface area contributed by atoms with Crippen LogP contribution in [-0.2, 0) is 11.2 Å². The molecule has 0 bridgehead atoms. The molecule has 1 atom stereocenters. The van der Waals surface area contributed by atoms with Crippen LogP contribution >= 0.6 is 0 Å². The Morgan fingerprint density at radius 2 is 2.26 bits per heavy atom. The van der Waals surface area contributed by atoms with Crippen molar-refractivity contribution >= 4 is 11.8 Å². The van der Waals surface area contributed by atoms with Crippen molar-refractivity contribution in [1.82, 2.24) is 19.8 Å². The van der Waals surface area contributed by atoms with Crippen LogP contribution < -0.4 is 0 Å². The summed E-state index contributed by atoms with van der Waals surface area (Å²) in [6, 6.07) is 1.75. The third-order valence-electron chi connectivity index (χ3n) is 5.99. The number of likely N-dealkylation sites (tertiary alicyclic amines) is 2. The number of hydrogen-bond acceptors (Lipinski definition) is 4. The molecule has 0 saturated carbocycles. The zero-order valence-electron chi connectivity index (χ0n) is 15.7. The maximum absolute atomic E-state index is 12.9. The van der Waals surface area contributed by atoms with Crippen molar-refractivity contribution in [2.24, 2.45) is 5.41 Å². The van der Waals surface area contributed by atoms with E-state index >= 15 is 0 Å². The van der Waals surface area contributed by atoms with Crippen molar-refractivity contribution < 1.29 is 14.0 Å². The second-order valence-corrected chi connectivity index (χ2v) is 7.86. The Kier molecular flexibility index (Phi) is 4.76. The Morgan fingerprint density at radius 1 is 1.37 bits per heavy atom. The highest BCUT2D eigenvalue weighted by Gasteiger charge is 2.42. The number of H-pyrrole nitrogens is 1. The van der Waals surface area contributed by atoms with Gasteiger partial charge in [-0.25, -0.2) is 4.98 Å². The molecule has 1 spiro atoms. The first-order chi connectivity index (χ1) is 13.1. The second-order valence-electron chi connectivity index (χ2n) is 7.86. The number of rotatable bonds is 4. The van der Waals surface area contributed by atoms with Gasteiger partial charge in [0, 0.05) is 56.3 Å². The number of nitrogens with zero attached hydrogens (tertiary/aromatic N) is 3. The van der Waals surface area contributed by atoms with Crippen molar-refractivity contribution in [1.29, 1.82) is 0 Å². The molecule has 2 amide bonds. The van der Waals surface area contributed by atoms with Crippen LogP contribution in [-0.4, -0.2) is 57.8 Å². The molecule has 0 aromatic carbocycles.